The van der Waals surface area contributed by atoms with Crippen molar-refractivity contribution < 1.29 is 37.4 Å². The van der Waals surface area contributed by atoms with Crippen LogP contribution in [0.4, 0.5) is 17.6 Å². The van der Waals surface area contributed by atoms with Crippen LogP contribution in [0.5, 0.6) is 5.75 Å². The molecule has 5 nitrogen and oxygen atoms in total. The molecule has 19 heavy (non-hydrogen) atoms. The molecule has 0 saturated heterocycles. The molecule has 0 bridgehead atoms. The lowest BCUT2D eigenvalue weighted by Gasteiger charge is -2.16. The van der Waals surface area contributed by atoms with E-state index in [1.54, 1.807) is 0 Å². The van der Waals surface area contributed by atoms with Crippen LogP contribution in [-0.4, -0.2) is 28.3 Å². The topological polar surface area (TPSA) is 86.6 Å². The highest BCUT2D eigenvalue weighted by Crippen LogP contribution is 2.23. The monoisotopic (exact) mass is 281 g/mol. The number of carbonyl (C=O) groups is 2. The first-order chi connectivity index (χ1) is 8.62. The Morgan fingerprint density at radius 3 is 2.26 bits per heavy atom. The van der Waals surface area contributed by atoms with Crippen molar-refractivity contribution in [2.75, 3.05) is 0 Å². The number of aliphatic carboxylic acids is 1. The number of carboxylic acids is 1. The summed E-state index contributed by atoms with van der Waals surface area (Å²) in [4.78, 5) is 21.4. The van der Waals surface area contributed by atoms with Gasteiger partial charge in [0.1, 0.15) is 11.6 Å². The fraction of sp³-hybridized carbons (Fsp3) is 0.200. The standard InChI is InChI=1S/C10H7F4NO4/c11-6-3-4(16)1-2-5(6)7(8(17)18)15-9(19)10(12,13)14/h1-3,7,16H,(H,15,19)(H,17,18). The maximum Gasteiger partial charge on any atom is 0.471 e. The van der Waals surface area contributed by atoms with E-state index in [1.807, 2.05) is 0 Å². The van der Waals surface area contributed by atoms with Gasteiger partial charge in [-0.05, 0) is 12.1 Å². The molecule has 0 fully saturated rings. The lowest BCUT2D eigenvalue weighted by atomic mass is 10.1. The molecule has 0 heterocycles. The molecule has 0 saturated carbocycles. The molecule has 0 aliphatic rings. The Morgan fingerprint density at radius 1 is 1.26 bits per heavy atom. The number of carboxylic acid groups (broad SMARTS) is 1. The summed E-state index contributed by atoms with van der Waals surface area (Å²) in [6.45, 7) is 0. The Morgan fingerprint density at radius 2 is 1.84 bits per heavy atom. The second kappa shape index (κ2) is 5.12. The fourth-order valence-electron chi connectivity index (χ4n) is 1.24. The zero-order valence-electron chi connectivity index (χ0n) is 9.03. The van der Waals surface area contributed by atoms with Crippen molar-refractivity contribution in [3.63, 3.8) is 0 Å². The largest absolute Gasteiger partial charge is 0.508 e. The normalized spacial score (nSPS) is 12.8. The Kier molecular flexibility index (Phi) is 3.98. The van der Waals surface area contributed by atoms with Gasteiger partial charge in [0.2, 0.25) is 0 Å². The third-order valence-corrected chi connectivity index (χ3v) is 2.07. The van der Waals surface area contributed by atoms with Gasteiger partial charge in [0.05, 0.1) is 0 Å². The average Bonchev–Trinajstić information content (AvgIpc) is 2.24. The first kappa shape index (κ1) is 14.7. The summed E-state index contributed by atoms with van der Waals surface area (Å²) in [5.74, 6) is -6.17. The predicted octanol–water partition coefficient (Wildman–Crippen LogP) is 1.34. The Hall–Kier alpha value is -2.32. The van der Waals surface area contributed by atoms with Crippen LogP contribution in [0.1, 0.15) is 11.6 Å². The number of carbonyl (C=O) groups excluding carboxylic acids is 1. The number of rotatable bonds is 3. The van der Waals surface area contributed by atoms with Crippen molar-refractivity contribution >= 4 is 11.9 Å². The molecule has 0 aromatic heterocycles. The summed E-state index contributed by atoms with van der Waals surface area (Å²) in [7, 11) is 0. The highest BCUT2D eigenvalue weighted by atomic mass is 19.4. The summed E-state index contributed by atoms with van der Waals surface area (Å²) in [5, 5.41) is 18.8. The molecule has 0 spiro atoms. The number of aromatic hydroxyl groups is 1. The van der Waals surface area contributed by atoms with Crippen LogP contribution in [0, 0.1) is 5.82 Å². The zero-order valence-corrected chi connectivity index (χ0v) is 9.03. The van der Waals surface area contributed by atoms with Crippen LogP contribution in [0.3, 0.4) is 0 Å². The molecule has 1 aromatic carbocycles. The number of alkyl halides is 3. The molecule has 0 aliphatic carbocycles. The third-order valence-electron chi connectivity index (χ3n) is 2.07. The maximum atomic E-state index is 13.4. The molecule has 0 aliphatic heterocycles. The number of hydrogen-bond donors (Lipinski definition) is 3. The van der Waals surface area contributed by atoms with E-state index in [2.05, 4.69) is 0 Å². The summed E-state index contributed by atoms with van der Waals surface area (Å²) in [5.41, 5.74) is -0.706. The molecular formula is C10H7F4NO4. The Balaban J connectivity index is 3.09. The van der Waals surface area contributed by atoms with E-state index >= 15 is 0 Å². The van der Waals surface area contributed by atoms with Gasteiger partial charge in [-0.1, -0.05) is 0 Å². The number of phenolic OH excluding ortho intramolecular Hbond substituents is 1. The number of benzene rings is 1. The molecule has 1 unspecified atom stereocenters. The quantitative estimate of drug-likeness (QED) is 0.730. The molecule has 1 rings (SSSR count). The van der Waals surface area contributed by atoms with Crippen molar-refractivity contribution in [1.29, 1.82) is 0 Å². The minimum absolute atomic E-state index is 0.519. The predicted molar refractivity (Wildman–Crippen MR) is 52.6 cm³/mol. The van der Waals surface area contributed by atoms with Gasteiger partial charge in [-0.15, -0.1) is 0 Å². The van der Waals surface area contributed by atoms with Gasteiger partial charge in [-0.2, -0.15) is 13.2 Å². The molecule has 1 atom stereocenters. The van der Waals surface area contributed by atoms with Gasteiger partial charge in [0.25, 0.3) is 0 Å². The van der Waals surface area contributed by atoms with E-state index in [9.17, 15) is 27.2 Å². The van der Waals surface area contributed by atoms with Gasteiger partial charge < -0.3 is 15.5 Å². The van der Waals surface area contributed by atoms with Gasteiger partial charge in [0.15, 0.2) is 6.04 Å². The first-order valence-electron chi connectivity index (χ1n) is 4.72. The molecule has 9 heteroatoms. The van der Waals surface area contributed by atoms with E-state index < -0.39 is 41.2 Å². The number of hydrogen-bond acceptors (Lipinski definition) is 3. The maximum absolute atomic E-state index is 13.4. The number of nitrogens with one attached hydrogen (secondary N) is 1. The van der Waals surface area contributed by atoms with E-state index in [0.29, 0.717) is 6.07 Å². The van der Waals surface area contributed by atoms with Crippen molar-refractivity contribution in [2.45, 2.75) is 12.2 Å². The molecule has 1 aromatic rings. The SMILES string of the molecule is O=C(O)C(NC(=O)C(F)(F)F)c1ccc(O)cc1F. The van der Waals surface area contributed by atoms with E-state index in [-0.39, 0.29) is 0 Å². The van der Waals surface area contributed by atoms with E-state index in [1.165, 1.54) is 0 Å². The van der Waals surface area contributed by atoms with E-state index in [0.717, 1.165) is 17.4 Å². The van der Waals surface area contributed by atoms with Crippen molar-refractivity contribution in [2.24, 2.45) is 0 Å². The van der Waals surface area contributed by atoms with Crippen LogP contribution >= 0.6 is 0 Å². The van der Waals surface area contributed by atoms with Crippen molar-refractivity contribution in [3.8, 4) is 5.75 Å². The minimum Gasteiger partial charge on any atom is -0.508 e. The number of amides is 1. The number of phenols is 1. The summed E-state index contributed by atoms with van der Waals surface area (Å²) >= 11 is 0. The minimum atomic E-state index is -5.29. The second-order valence-corrected chi connectivity index (χ2v) is 3.45. The molecular weight excluding hydrogens is 274 g/mol. The van der Waals surface area contributed by atoms with Crippen LogP contribution in [0.2, 0.25) is 0 Å². The fourth-order valence-corrected chi connectivity index (χ4v) is 1.24. The van der Waals surface area contributed by atoms with E-state index in [4.69, 9.17) is 10.2 Å². The lowest BCUT2D eigenvalue weighted by Crippen LogP contribution is -2.42. The lowest BCUT2D eigenvalue weighted by molar-refractivity contribution is -0.175. The zero-order chi connectivity index (χ0) is 14.8. The van der Waals surface area contributed by atoms with Gasteiger partial charge >= 0.3 is 18.1 Å². The van der Waals surface area contributed by atoms with Gasteiger partial charge in [0, 0.05) is 11.6 Å². The van der Waals surface area contributed by atoms with Crippen LogP contribution in [0.15, 0.2) is 18.2 Å². The molecule has 0 radical (unpaired) electrons. The molecule has 3 N–H and O–H groups in total. The number of halogens is 4. The average molecular weight is 281 g/mol. The molecule has 1 amide bonds. The highest BCUT2D eigenvalue weighted by molar-refractivity contribution is 5.87. The Bertz CT molecular complexity index is 515. The van der Waals surface area contributed by atoms with Crippen molar-refractivity contribution in [1.82, 2.24) is 5.32 Å². The van der Waals surface area contributed by atoms with Crippen molar-refractivity contribution in [3.05, 3.63) is 29.6 Å². The second-order valence-electron chi connectivity index (χ2n) is 3.45. The Labute approximate surface area is 103 Å². The molecule has 104 valence electrons. The van der Waals surface area contributed by atoms with Crippen LogP contribution in [0.25, 0.3) is 0 Å². The van der Waals surface area contributed by atoms with Crippen LogP contribution in [-0.2, 0) is 9.59 Å². The summed E-state index contributed by atoms with van der Waals surface area (Å²) < 4.78 is 49.4. The van der Waals surface area contributed by atoms with Gasteiger partial charge in [-0.25, -0.2) is 9.18 Å². The first-order valence-corrected chi connectivity index (χ1v) is 4.72. The van der Waals surface area contributed by atoms with Gasteiger partial charge in [-0.3, -0.25) is 4.79 Å². The highest BCUT2D eigenvalue weighted by Gasteiger charge is 2.41. The summed E-state index contributed by atoms with van der Waals surface area (Å²) in [6, 6.07) is -0.0473. The summed E-state index contributed by atoms with van der Waals surface area (Å²) in [6.07, 6.45) is -5.29. The smallest absolute Gasteiger partial charge is 0.471 e. The third kappa shape index (κ3) is 3.57. The van der Waals surface area contributed by atoms with Crippen LogP contribution < -0.4 is 5.32 Å².